The minimum absolute atomic E-state index is 0.151. The molecule has 0 unspecified atom stereocenters. The van der Waals surface area contributed by atoms with Gasteiger partial charge in [0.15, 0.2) is 0 Å². The highest BCUT2D eigenvalue weighted by molar-refractivity contribution is 6.34. The molecular formula is C13H19ClN2O. The van der Waals surface area contributed by atoms with E-state index in [2.05, 4.69) is 5.32 Å². The maximum absolute atomic E-state index is 11.9. The summed E-state index contributed by atoms with van der Waals surface area (Å²) in [4.78, 5) is 11.9. The Morgan fingerprint density at radius 2 is 2.18 bits per heavy atom. The number of hydrogen-bond acceptors (Lipinski definition) is 2. The molecule has 17 heavy (non-hydrogen) atoms. The quantitative estimate of drug-likeness (QED) is 0.868. The number of nitrogens with one attached hydrogen (secondary N) is 1. The number of rotatable bonds is 4. The second kappa shape index (κ2) is 6.03. The first-order valence-electron chi connectivity index (χ1n) is 5.79. The monoisotopic (exact) mass is 254 g/mol. The van der Waals surface area contributed by atoms with Crippen molar-refractivity contribution in [3.8, 4) is 0 Å². The Morgan fingerprint density at radius 1 is 1.53 bits per heavy atom. The van der Waals surface area contributed by atoms with Gasteiger partial charge in [-0.05, 0) is 24.5 Å². The largest absolute Gasteiger partial charge is 0.323 e. The van der Waals surface area contributed by atoms with Gasteiger partial charge in [0.2, 0.25) is 5.91 Å². The molecule has 0 aliphatic heterocycles. The standard InChI is InChI=1S/C13H19ClN2O/c1-4-8(2)12(15)13(17)16-10-7-5-6-9(3)11(10)14/h5-8,12H,4,15H2,1-3H3,(H,16,17)/t8-,12-/m0/s1. The van der Waals surface area contributed by atoms with Gasteiger partial charge in [-0.3, -0.25) is 4.79 Å². The van der Waals surface area contributed by atoms with Gasteiger partial charge in [0, 0.05) is 0 Å². The van der Waals surface area contributed by atoms with Crippen molar-refractivity contribution in [2.45, 2.75) is 33.2 Å². The molecule has 0 aliphatic carbocycles. The molecule has 4 heteroatoms. The Hall–Kier alpha value is -1.06. The Morgan fingerprint density at radius 3 is 2.76 bits per heavy atom. The number of anilines is 1. The van der Waals surface area contributed by atoms with E-state index in [-0.39, 0.29) is 11.8 Å². The average Bonchev–Trinajstić information content (AvgIpc) is 2.32. The van der Waals surface area contributed by atoms with Crippen LogP contribution >= 0.6 is 11.6 Å². The summed E-state index contributed by atoms with van der Waals surface area (Å²) in [7, 11) is 0. The summed E-state index contributed by atoms with van der Waals surface area (Å²) in [5, 5.41) is 3.34. The SMILES string of the molecule is CC[C@H](C)[C@H](N)C(=O)Nc1cccc(C)c1Cl. The molecule has 0 radical (unpaired) electrons. The molecule has 1 aromatic rings. The van der Waals surface area contributed by atoms with E-state index in [4.69, 9.17) is 17.3 Å². The van der Waals surface area contributed by atoms with Crippen molar-refractivity contribution in [1.29, 1.82) is 0 Å². The van der Waals surface area contributed by atoms with E-state index in [1.165, 1.54) is 0 Å². The molecule has 1 rings (SSSR count). The summed E-state index contributed by atoms with van der Waals surface area (Å²) >= 11 is 6.10. The molecular weight excluding hydrogens is 236 g/mol. The average molecular weight is 255 g/mol. The molecule has 0 aromatic heterocycles. The van der Waals surface area contributed by atoms with Crippen LogP contribution in [-0.2, 0) is 4.79 Å². The van der Waals surface area contributed by atoms with Crippen LogP contribution in [0.5, 0.6) is 0 Å². The molecule has 1 amide bonds. The molecule has 0 saturated heterocycles. The Balaban J connectivity index is 2.78. The molecule has 1 aromatic carbocycles. The normalized spacial score (nSPS) is 14.2. The van der Waals surface area contributed by atoms with Gasteiger partial charge in [0.1, 0.15) is 0 Å². The van der Waals surface area contributed by atoms with Crippen LogP contribution in [-0.4, -0.2) is 11.9 Å². The lowest BCUT2D eigenvalue weighted by Crippen LogP contribution is -2.40. The minimum atomic E-state index is -0.503. The zero-order valence-electron chi connectivity index (χ0n) is 10.5. The number of hydrogen-bond donors (Lipinski definition) is 2. The van der Waals surface area contributed by atoms with Crippen molar-refractivity contribution in [3.63, 3.8) is 0 Å². The van der Waals surface area contributed by atoms with E-state index < -0.39 is 6.04 Å². The van der Waals surface area contributed by atoms with E-state index >= 15 is 0 Å². The van der Waals surface area contributed by atoms with Gasteiger partial charge < -0.3 is 11.1 Å². The Labute approximate surface area is 107 Å². The number of carbonyl (C=O) groups is 1. The zero-order valence-corrected chi connectivity index (χ0v) is 11.2. The van der Waals surface area contributed by atoms with Crippen molar-refractivity contribution >= 4 is 23.2 Å². The van der Waals surface area contributed by atoms with Gasteiger partial charge in [-0.2, -0.15) is 0 Å². The smallest absolute Gasteiger partial charge is 0.241 e. The number of carbonyl (C=O) groups excluding carboxylic acids is 1. The highest BCUT2D eigenvalue weighted by Gasteiger charge is 2.20. The fourth-order valence-corrected chi connectivity index (χ4v) is 1.65. The molecule has 2 atom stereocenters. The summed E-state index contributed by atoms with van der Waals surface area (Å²) in [6, 6.07) is 5.02. The van der Waals surface area contributed by atoms with Gasteiger partial charge in [-0.25, -0.2) is 0 Å². The van der Waals surface area contributed by atoms with Crippen LogP contribution in [0, 0.1) is 12.8 Å². The lowest BCUT2D eigenvalue weighted by Gasteiger charge is -2.18. The highest BCUT2D eigenvalue weighted by atomic mass is 35.5. The molecule has 0 heterocycles. The fraction of sp³-hybridized carbons (Fsp3) is 0.462. The number of halogens is 1. The number of aryl methyl sites for hydroxylation is 1. The van der Waals surface area contributed by atoms with E-state index in [1.54, 1.807) is 6.07 Å². The van der Waals surface area contributed by atoms with E-state index in [9.17, 15) is 4.79 Å². The van der Waals surface area contributed by atoms with Crippen molar-refractivity contribution < 1.29 is 4.79 Å². The van der Waals surface area contributed by atoms with Gasteiger partial charge in [-0.15, -0.1) is 0 Å². The lowest BCUT2D eigenvalue weighted by atomic mass is 9.99. The van der Waals surface area contributed by atoms with E-state index in [0.29, 0.717) is 10.7 Å². The van der Waals surface area contributed by atoms with Crippen molar-refractivity contribution in [1.82, 2.24) is 0 Å². The van der Waals surface area contributed by atoms with Crippen LogP contribution in [0.4, 0.5) is 5.69 Å². The first-order valence-corrected chi connectivity index (χ1v) is 6.16. The maximum Gasteiger partial charge on any atom is 0.241 e. The van der Waals surface area contributed by atoms with Crippen LogP contribution in [0.3, 0.4) is 0 Å². The van der Waals surface area contributed by atoms with Crippen LogP contribution in [0.1, 0.15) is 25.8 Å². The zero-order chi connectivity index (χ0) is 13.0. The Bertz CT molecular complexity index is 406. The number of benzene rings is 1. The van der Waals surface area contributed by atoms with E-state index in [0.717, 1.165) is 12.0 Å². The third kappa shape index (κ3) is 3.45. The summed E-state index contributed by atoms with van der Waals surface area (Å²) in [6.07, 6.45) is 0.871. The predicted molar refractivity (Wildman–Crippen MR) is 72.2 cm³/mol. The minimum Gasteiger partial charge on any atom is -0.323 e. The van der Waals surface area contributed by atoms with Crippen LogP contribution in [0.25, 0.3) is 0 Å². The molecule has 0 bridgehead atoms. The molecule has 94 valence electrons. The van der Waals surface area contributed by atoms with Gasteiger partial charge in [-0.1, -0.05) is 44.0 Å². The first kappa shape index (κ1) is 14.0. The van der Waals surface area contributed by atoms with Crippen LogP contribution in [0.2, 0.25) is 5.02 Å². The first-order chi connectivity index (χ1) is 7.97. The molecule has 3 N–H and O–H groups in total. The van der Waals surface area contributed by atoms with Crippen LogP contribution in [0.15, 0.2) is 18.2 Å². The lowest BCUT2D eigenvalue weighted by molar-refractivity contribution is -0.118. The Kier molecular flexibility index (Phi) is 4.97. The van der Waals surface area contributed by atoms with Crippen molar-refractivity contribution in [2.24, 2.45) is 11.7 Å². The van der Waals surface area contributed by atoms with Crippen molar-refractivity contribution in [2.75, 3.05) is 5.32 Å². The van der Waals surface area contributed by atoms with Crippen molar-refractivity contribution in [3.05, 3.63) is 28.8 Å². The van der Waals surface area contributed by atoms with Gasteiger partial charge in [0.05, 0.1) is 16.8 Å². The second-order valence-corrected chi connectivity index (χ2v) is 4.71. The molecule has 0 aliphatic rings. The molecule has 0 saturated carbocycles. The molecule has 3 nitrogen and oxygen atoms in total. The summed E-state index contributed by atoms with van der Waals surface area (Å²) in [5.41, 5.74) is 7.40. The predicted octanol–water partition coefficient (Wildman–Crippen LogP) is 2.96. The van der Waals surface area contributed by atoms with Gasteiger partial charge in [0.25, 0.3) is 0 Å². The summed E-state index contributed by atoms with van der Waals surface area (Å²) in [5.74, 6) is -0.0366. The number of nitrogens with two attached hydrogens (primary N) is 1. The topological polar surface area (TPSA) is 55.1 Å². The third-order valence-electron chi connectivity index (χ3n) is 3.01. The number of amides is 1. The van der Waals surface area contributed by atoms with Crippen LogP contribution < -0.4 is 11.1 Å². The molecule has 0 spiro atoms. The van der Waals surface area contributed by atoms with Gasteiger partial charge >= 0.3 is 0 Å². The fourth-order valence-electron chi connectivity index (χ4n) is 1.47. The van der Waals surface area contributed by atoms with E-state index in [1.807, 2.05) is 32.9 Å². The maximum atomic E-state index is 11.9. The summed E-state index contributed by atoms with van der Waals surface area (Å²) < 4.78 is 0. The summed E-state index contributed by atoms with van der Waals surface area (Å²) in [6.45, 7) is 5.87. The third-order valence-corrected chi connectivity index (χ3v) is 3.51. The molecule has 0 fully saturated rings. The second-order valence-electron chi connectivity index (χ2n) is 4.34. The highest BCUT2D eigenvalue weighted by Crippen LogP contribution is 2.25.